The fraction of sp³-hybridized carbons (Fsp3) is 0.417. The van der Waals surface area contributed by atoms with E-state index in [9.17, 15) is 4.79 Å². The van der Waals surface area contributed by atoms with Gasteiger partial charge in [-0.05, 0) is 37.6 Å². The first-order chi connectivity index (χ1) is 7.54. The lowest BCUT2D eigenvalue weighted by atomic mass is 10.1. The second kappa shape index (κ2) is 5.51. The van der Waals surface area contributed by atoms with E-state index in [0.29, 0.717) is 5.56 Å². The molecule has 16 heavy (non-hydrogen) atoms. The van der Waals surface area contributed by atoms with Gasteiger partial charge in [-0.25, -0.2) is 5.01 Å². The number of hydrazine groups is 1. The molecule has 4 heteroatoms. The van der Waals surface area contributed by atoms with Crippen molar-refractivity contribution in [1.29, 1.82) is 0 Å². The zero-order chi connectivity index (χ0) is 12.1. The minimum Gasteiger partial charge on any atom is -0.385 e. The molecule has 1 aromatic rings. The number of rotatable bonds is 4. The summed E-state index contributed by atoms with van der Waals surface area (Å²) in [7, 11) is 3.58. The highest BCUT2D eigenvalue weighted by Gasteiger charge is 2.07. The minimum atomic E-state index is -0.0869. The fourth-order valence-corrected chi connectivity index (χ4v) is 1.46. The molecule has 0 saturated carbocycles. The Kier molecular flexibility index (Phi) is 4.31. The Labute approximate surface area is 96.6 Å². The van der Waals surface area contributed by atoms with Crippen LogP contribution in [0.5, 0.6) is 0 Å². The van der Waals surface area contributed by atoms with Crippen LogP contribution in [0.25, 0.3) is 0 Å². The van der Waals surface area contributed by atoms with E-state index in [2.05, 4.69) is 10.7 Å². The monoisotopic (exact) mass is 221 g/mol. The molecule has 0 radical (unpaired) electrons. The van der Waals surface area contributed by atoms with Crippen molar-refractivity contribution < 1.29 is 4.79 Å². The predicted octanol–water partition coefficient (Wildman–Crippen LogP) is 1.63. The Bertz CT molecular complexity index is 375. The predicted molar refractivity (Wildman–Crippen MR) is 66.5 cm³/mol. The Hall–Kier alpha value is -1.55. The molecule has 0 heterocycles. The average molecular weight is 221 g/mol. The lowest BCUT2D eigenvalue weighted by Crippen LogP contribution is -2.36. The van der Waals surface area contributed by atoms with Crippen LogP contribution in [-0.2, 0) is 0 Å². The van der Waals surface area contributed by atoms with Gasteiger partial charge >= 0.3 is 0 Å². The van der Waals surface area contributed by atoms with Crippen LogP contribution in [-0.4, -0.2) is 31.6 Å². The van der Waals surface area contributed by atoms with E-state index in [-0.39, 0.29) is 5.91 Å². The number of nitrogens with zero attached hydrogens (tertiary/aromatic N) is 1. The first-order valence-electron chi connectivity index (χ1n) is 5.37. The number of aryl methyl sites for hydroxylation is 1. The van der Waals surface area contributed by atoms with Crippen LogP contribution >= 0.6 is 0 Å². The first kappa shape index (κ1) is 12.5. The molecule has 0 spiro atoms. The van der Waals surface area contributed by atoms with Crippen LogP contribution in [0.4, 0.5) is 5.69 Å². The average Bonchev–Trinajstić information content (AvgIpc) is 2.20. The number of hydrogen-bond acceptors (Lipinski definition) is 3. The molecule has 0 atom stereocenters. The normalized spacial score (nSPS) is 10.3. The van der Waals surface area contributed by atoms with E-state index >= 15 is 0 Å². The number of anilines is 1. The third kappa shape index (κ3) is 3.24. The molecular formula is C12H19N3O. The van der Waals surface area contributed by atoms with Crippen LogP contribution in [0, 0.1) is 6.92 Å². The summed E-state index contributed by atoms with van der Waals surface area (Å²) >= 11 is 0. The van der Waals surface area contributed by atoms with Crippen molar-refractivity contribution in [2.75, 3.05) is 26.0 Å². The van der Waals surface area contributed by atoms with E-state index in [0.717, 1.165) is 17.8 Å². The lowest BCUT2D eigenvalue weighted by molar-refractivity contribution is 0.0857. The standard InChI is InChI=1S/C12H19N3O/c1-5-13-11-7-6-10(8-9(11)2)12(16)14-15(3)4/h6-8,13H,5H2,1-4H3,(H,14,16). The Morgan fingerprint density at radius 2 is 2.06 bits per heavy atom. The highest BCUT2D eigenvalue weighted by atomic mass is 16.2. The van der Waals surface area contributed by atoms with Gasteiger partial charge in [-0.3, -0.25) is 10.2 Å². The van der Waals surface area contributed by atoms with Crippen LogP contribution in [0.3, 0.4) is 0 Å². The quantitative estimate of drug-likeness (QED) is 0.760. The maximum Gasteiger partial charge on any atom is 0.265 e. The Balaban J connectivity index is 2.84. The van der Waals surface area contributed by atoms with Crippen LogP contribution in [0.2, 0.25) is 0 Å². The Morgan fingerprint density at radius 3 is 2.56 bits per heavy atom. The molecule has 0 aliphatic carbocycles. The van der Waals surface area contributed by atoms with Crippen LogP contribution in [0.1, 0.15) is 22.8 Å². The molecule has 0 aliphatic rings. The van der Waals surface area contributed by atoms with Gasteiger partial charge in [0.2, 0.25) is 0 Å². The number of carbonyl (C=O) groups is 1. The molecule has 0 saturated heterocycles. The van der Waals surface area contributed by atoms with Crippen LogP contribution < -0.4 is 10.7 Å². The molecule has 1 amide bonds. The third-order valence-corrected chi connectivity index (χ3v) is 2.18. The van der Waals surface area contributed by atoms with E-state index in [4.69, 9.17) is 0 Å². The summed E-state index contributed by atoms with van der Waals surface area (Å²) in [5.74, 6) is -0.0869. The van der Waals surface area contributed by atoms with E-state index in [1.807, 2.05) is 32.0 Å². The fourth-order valence-electron chi connectivity index (χ4n) is 1.46. The number of amides is 1. The van der Waals surface area contributed by atoms with Crippen molar-refractivity contribution in [2.45, 2.75) is 13.8 Å². The summed E-state index contributed by atoms with van der Waals surface area (Å²) in [6.45, 7) is 4.92. The van der Waals surface area contributed by atoms with Crippen molar-refractivity contribution in [1.82, 2.24) is 10.4 Å². The van der Waals surface area contributed by atoms with Crippen molar-refractivity contribution in [3.63, 3.8) is 0 Å². The third-order valence-electron chi connectivity index (χ3n) is 2.18. The molecule has 0 aromatic heterocycles. The SMILES string of the molecule is CCNc1ccc(C(=O)NN(C)C)cc1C. The number of benzene rings is 1. The maximum atomic E-state index is 11.7. The highest BCUT2D eigenvalue weighted by Crippen LogP contribution is 2.16. The highest BCUT2D eigenvalue weighted by molar-refractivity contribution is 5.94. The summed E-state index contributed by atoms with van der Waals surface area (Å²) in [6.07, 6.45) is 0. The van der Waals surface area contributed by atoms with Gasteiger partial charge in [-0.2, -0.15) is 0 Å². The molecule has 4 nitrogen and oxygen atoms in total. The number of nitrogens with one attached hydrogen (secondary N) is 2. The Morgan fingerprint density at radius 1 is 1.38 bits per heavy atom. The van der Waals surface area contributed by atoms with Gasteiger partial charge in [-0.1, -0.05) is 0 Å². The van der Waals surface area contributed by atoms with Crippen molar-refractivity contribution in [3.8, 4) is 0 Å². The molecule has 0 fully saturated rings. The van der Waals surface area contributed by atoms with Gasteiger partial charge in [0.15, 0.2) is 0 Å². The van der Waals surface area contributed by atoms with Gasteiger partial charge in [-0.15, -0.1) is 0 Å². The molecule has 88 valence electrons. The van der Waals surface area contributed by atoms with Gasteiger partial charge in [0.25, 0.3) is 5.91 Å². The molecule has 1 aromatic carbocycles. The summed E-state index contributed by atoms with van der Waals surface area (Å²) < 4.78 is 0. The lowest BCUT2D eigenvalue weighted by Gasteiger charge is -2.13. The zero-order valence-corrected chi connectivity index (χ0v) is 10.3. The van der Waals surface area contributed by atoms with E-state index in [1.165, 1.54) is 0 Å². The topological polar surface area (TPSA) is 44.4 Å². The number of carbonyl (C=O) groups excluding carboxylic acids is 1. The summed E-state index contributed by atoms with van der Waals surface area (Å²) in [4.78, 5) is 11.7. The smallest absolute Gasteiger partial charge is 0.265 e. The van der Waals surface area contributed by atoms with E-state index < -0.39 is 0 Å². The second-order valence-electron chi connectivity index (χ2n) is 3.90. The molecule has 2 N–H and O–H groups in total. The van der Waals surface area contributed by atoms with Crippen molar-refractivity contribution >= 4 is 11.6 Å². The zero-order valence-electron chi connectivity index (χ0n) is 10.3. The maximum absolute atomic E-state index is 11.7. The summed E-state index contributed by atoms with van der Waals surface area (Å²) in [5.41, 5.74) is 5.54. The molecular weight excluding hydrogens is 202 g/mol. The van der Waals surface area contributed by atoms with Gasteiger partial charge in [0.05, 0.1) is 0 Å². The van der Waals surface area contributed by atoms with Crippen molar-refractivity contribution in [2.24, 2.45) is 0 Å². The van der Waals surface area contributed by atoms with Crippen LogP contribution in [0.15, 0.2) is 18.2 Å². The van der Waals surface area contributed by atoms with Gasteiger partial charge in [0, 0.05) is 31.9 Å². The van der Waals surface area contributed by atoms with Gasteiger partial charge in [0.1, 0.15) is 0 Å². The minimum absolute atomic E-state index is 0.0869. The summed E-state index contributed by atoms with van der Waals surface area (Å²) in [5, 5.41) is 4.88. The molecule has 0 bridgehead atoms. The van der Waals surface area contributed by atoms with Crippen molar-refractivity contribution in [3.05, 3.63) is 29.3 Å². The van der Waals surface area contributed by atoms with E-state index in [1.54, 1.807) is 19.1 Å². The first-order valence-corrected chi connectivity index (χ1v) is 5.37. The molecule has 1 rings (SSSR count). The van der Waals surface area contributed by atoms with Gasteiger partial charge < -0.3 is 5.32 Å². The largest absolute Gasteiger partial charge is 0.385 e. The summed E-state index contributed by atoms with van der Waals surface area (Å²) in [6, 6.07) is 5.64. The molecule has 0 aliphatic heterocycles. The number of hydrogen-bond donors (Lipinski definition) is 2. The molecule has 0 unspecified atom stereocenters. The second-order valence-corrected chi connectivity index (χ2v) is 3.90.